The van der Waals surface area contributed by atoms with Crippen LogP contribution in [-0.4, -0.2) is 33.5 Å². The van der Waals surface area contributed by atoms with Crippen molar-refractivity contribution in [2.75, 3.05) is 29.5 Å². The fourth-order valence-electron chi connectivity index (χ4n) is 2.03. The molecule has 0 amide bonds. The molecule has 1 aliphatic rings. The molecule has 6 nitrogen and oxygen atoms in total. The average molecular weight is 268 g/mol. The van der Waals surface area contributed by atoms with Crippen molar-refractivity contribution < 1.29 is 4.92 Å². The van der Waals surface area contributed by atoms with Gasteiger partial charge in [-0.1, -0.05) is 0 Å². The number of rotatable bonds is 2. The van der Waals surface area contributed by atoms with Crippen molar-refractivity contribution in [1.82, 2.24) is 4.98 Å². The molecule has 2 N–H and O–H groups in total. The van der Waals surface area contributed by atoms with E-state index in [2.05, 4.69) is 18.8 Å². The lowest BCUT2D eigenvalue weighted by molar-refractivity contribution is -0.384. The molecule has 1 aliphatic heterocycles. The summed E-state index contributed by atoms with van der Waals surface area (Å²) in [6.07, 6.45) is 0. The summed E-state index contributed by atoms with van der Waals surface area (Å²) < 4.78 is 0.0679. The highest BCUT2D eigenvalue weighted by atomic mass is 32.2. The summed E-state index contributed by atoms with van der Waals surface area (Å²) in [5.41, 5.74) is 5.66. The molecule has 0 spiro atoms. The predicted octanol–water partition coefficient (Wildman–Crippen LogP) is 1.90. The first-order valence-electron chi connectivity index (χ1n) is 5.69. The summed E-state index contributed by atoms with van der Waals surface area (Å²) in [4.78, 5) is 16.7. The number of aromatic nitrogens is 1. The van der Waals surface area contributed by atoms with Crippen LogP contribution >= 0.6 is 11.8 Å². The number of nitrogens with two attached hydrogens (primary N) is 1. The van der Waals surface area contributed by atoms with E-state index in [0.717, 1.165) is 18.8 Å². The largest absolute Gasteiger partial charge is 0.384 e. The van der Waals surface area contributed by atoms with Crippen molar-refractivity contribution in [3.8, 4) is 0 Å². The molecule has 0 aliphatic carbocycles. The molecule has 18 heavy (non-hydrogen) atoms. The second kappa shape index (κ2) is 4.64. The Labute approximate surface area is 110 Å². The highest BCUT2D eigenvalue weighted by molar-refractivity contribution is 8.00. The monoisotopic (exact) mass is 268 g/mol. The maximum absolute atomic E-state index is 11.0. The van der Waals surface area contributed by atoms with Crippen LogP contribution in [0.1, 0.15) is 13.8 Å². The number of nitrogen functional groups attached to an aromatic ring is 1. The molecule has 1 saturated heterocycles. The van der Waals surface area contributed by atoms with Gasteiger partial charge in [-0.05, 0) is 19.9 Å². The fraction of sp³-hybridized carbons (Fsp3) is 0.545. The topological polar surface area (TPSA) is 85.3 Å². The first-order chi connectivity index (χ1) is 8.39. The van der Waals surface area contributed by atoms with Crippen LogP contribution in [0.25, 0.3) is 0 Å². The Kier molecular flexibility index (Phi) is 3.34. The number of hydrogen-bond donors (Lipinski definition) is 1. The highest BCUT2D eigenvalue weighted by Gasteiger charge is 2.31. The van der Waals surface area contributed by atoms with E-state index < -0.39 is 4.92 Å². The number of thioether (sulfide) groups is 1. The van der Waals surface area contributed by atoms with Gasteiger partial charge in [0.05, 0.1) is 4.92 Å². The van der Waals surface area contributed by atoms with Crippen molar-refractivity contribution in [2.24, 2.45) is 0 Å². The Morgan fingerprint density at radius 3 is 2.89 bits per heavy atom. The minimum atomic E-state index is -0.406. The summed E-state index contributed by atoms with van der Waals surface area (Å²) in [6.45, 7) is 5.74. The quantitative estimate of drug-likeness (QED) is 0.651. The maximum atomic E-state index is 11.0. The van der Waals surface area contributed by atoms with Crippen LogP contribution in [0.15, 0.2) is 12.1 Å². The smallest absolute Gasteiger partial charge is 0.311 e. The molecule has 98 valence electrons. The van der Waals surface area contributed by atoms with Crippen LogP contribution in [0, 0.1) is 10.1 Å². The molecular weight excluding hydrogens is 252 g/mol. The van der Waals surface area contributed by atoms with Gasteiger partial charge >= 0.3 is 5.69 Å². The SMILES string of the molecule is CC1(C)CN(c2nc(N)ccc2[N+](=O)[O-])CCS1. The number of pyridine rings is 1. The molecule has 2 heterocycles. The van der Waals surface area contributed by atoms with E-state index in [-0.39, 0.29) is 10.4 Å². The van der Waals surface area contributed by atoms with Crippen LogP contribution in [0.2, 0.25) is 0 Å². The summed E-state index contributed by atoms with van der Waals surface area (Å²) >= 11 is 1.87. The molecule has 0 atom stereocenters. The lowest BCUT2D eigenvalue weighted by Gasteiger charge is -2.37. The molecule has 7 heteroatoms. The number of hydrogen-bond acceptors (Lipinski definition) is 6. The van der Waals surface area contributed by atoms with Crippen molar-refractivity contribution in [2.45, 2.75) is 18.6 Å². The zero-order valence-electron chi connectivity index (χ0n) is 10.4. The van der Waals surface area contributed by atoms with E-state index in [1.807, 2.05) is 16.7 Å². The minimum absolute atomic E-state index is 0.0203. The zero-order valence-corrected chi connectivity index (χ0v) is 11.2. The Morgan fingerprint density at radius 2 is 2.28 bits per heavy atom. The molecule has 0 saturated carbocycles. The van der Waals surface area contributed by atoms with Crippen LogP contribution < -0.4 is 10.6 Å². The Hall–Kier alpha value is -1.50. The second-order valence-electron chi connectivity index (χ2n) is 4.87. The average Bonchev–Trinajstić information content (AvgIpc) is 2.27. The van der Waals surface area contributed by atoms with Crippen molar-refractivity contribution in [3.63, 3.8) is 0 Å². The van der Waals surface area contributed by atoms with Crippen LogP contribution in [0.5, 0.6) is 0 Å². The van der Waals surface area contributed by atoms with Gasteiger partial charge < -0.3 is 10.6 Å². The molecule has 0 unspecified atom stereocenters. The van der Waals surface area contributed by atoms with Gasteiger partial charge in [0, 0.05) is 29.7 Å². The van der Waals surface area contributed by atoms with Gasteiger partial charge in [-0.15, -0.1) is 0 Å². The van der Waals surface area contributed by atoms with Gasteiger partial charge in [0.1, 0.15) is 5.82 Å². The lowest BCUT2D eigenvalue weighted by Crippen LogP contribution is -2.43. The molecule has 0 aromatic carbocycles. The van der Waals surface area contributed by atoms with Crippen LogP contribution in [0.3, 0.4) is 0 Å². The van der Waals surface area contributed by atoms with E-state index in [1.54, 1.807) is 0 Å². The zero-order chi connectivity index (χ0) is 13.3. The van der Waals surface area contributed by atoms with Crippen LogP contribution in [-0.2, 0) is 0 Å². The third kappa shape index (κ3) is 2.66. The van der Waals surface area contributed by atoms with Gasteiger partial charge in [0.15, 0.2) is 0 Å². The molecule has 1 aromatic heterocycles. The second-order valence-corrected chi connectivity index (χ2v) is 6.67. The summed E-state index contributed by atoms with van der Waals surface area (Å²) in [5, 5.41) is 11.0. The van der Waals surface area contributed by atoms with Crippen molar-refractivity contribution in [3.05, 3.63) is 22.2 Å². The number of anilines is 2. The maximum Gasteiger partial charge on any atom is 0.311 e. The van der Waals surface area contributed by atoms with E-state index in [1.165, 1.54) is 12.1 Å². The molecular formula is C11H16N4O2S. The Balaban J connectivity index is 2.37. The van der Waals surface area contributed by atoms with Gasteiger partial charge in [-0.25, -0.2) is 4.98 Å². The van der Waals surface area contributed by atoms with Gasteiger partial charge in [0.25, 0.3) is 0 Å². The van der Waals surface area contributed by atoms with Crippen molar-refractivity contribution >= 4 is 29.1 Å². The first-order valence-corrected chi connectivity index (χ1v) is 6.67. The third-order valence-corrected chi connectivity index (χ3v) is 4.10. The van der Waals surface area contributed by atoms with E-state index in [9.17, 15) is 10.1 Å². The van der Waals surface area contributed by atoms with Crippen molar-refractivity contribution in [1.29, 1.82) is 0 Å². The van der Waals surface area contributed by atoms with Gasteiger partial charge in [0.2, 0.25) is 5.82 Å². The Bertz CT molecular complexity index is 478. The highest BCUT2D eigenvalue weighted by Crippen LogP contribution is 2.35. The lowest BCUT2D eigenvalue weighted by atomic mass is 10.2. The normalized spacial score (nSPS) is 18.7. The van der Waals surface area contributed by atoms with E-state index in [0.29, 0.717) is 11.6 Å². The Morgan fingerprint density at radius 1 is 1.56 bits per heavy atom. The number of nitrogens with zero attached hydrogens (tertiary/aromatic N) is 3. The summed E-state index contributed by atoms with van der Waals surface area (Å²) in [6, 6.07) is 2.89. The van der Waals surface area contributed by atoms with Gasteiger partial charge in [-0.2, -0.15) is 11.8 Å². The third-order valence-electron chi connectivity index (χ3n) is 2.80. The molecule has 0 bridgehead atoms. The molecule has 1 fully saturated rings. The van der Waals surface area contributed by atoms with E-state index in [4.69, 9.17) is 5.73 Å². The molecule has 0 radical (unpaired) electrons. The fourth-order valence-corrected chi connectivity index (χ4v) is 3.14. The summed E-state index contributed by atoms with van der Waals surface area (Å²) in [5.74, 6) is 1.63. The van der Waals surface area contributed by atoms with Crippen LogP contribution in [0.4, 0.5) is 17.3 Å². The standard InChI is InChI=1S/C11H16N4O2S/c1-11(2)7-14(5-6-18-11)10-8(15(16)17)3-4-9(12)13-10/h3-4H,5-7H2,1-2H3,(H2,12,13). The number of nitro groups is 1. The van der Waals surface area contributed by atoms with E-state index >= 15 is 0 Å². The molecule has 2 rings (SSSR count). The first kappa shape index (κ1) is 12.9. The molecule has 1 aromatic rings. The predicted molar refractivity (Wildman–Crippen MR) is 74.1 cm³/mol. The summed E-state index contributed by atoms with van der Waals surface area (Å²) in [7, 11) is 0. The minimum Gasteiger partial charge on any atom is -0.384 e. The van der Waals surface area contributed by atoms with Gasteiger partial charge in [-0.3, -0.25) is 10.1 Å².